The molecular weight excluding hydrogens is 249 g/mol. The predicted octanol–water partition coefficient (Wildman–Crippen LogP) is 2.20. The van der Waals surface area contributed by atoms with Crippen LogP contribution in [0.3, 0.4) is 0 Å². The van der Waals surface area contributed by atoms with Crippen LogP contribution in [0.1, 0.15) is 24.5 Å². The van der Waals surface area contributed by atoms with E-state index >= 15 is 0 Å². The topological polar surface area (TPSA) is 57.6 Å². The highest BCUT2D eigenvalue weighted by Crippen LogP contribution is 2.13. The number of carboxylic acids is 1. The minimum Gasteiger partial charge on any atom is -0.481 e. The second kappa shape index (κ2) is 6.31. The van der Waals surface area contributed by atoms with Crippen LogP contribution in [0.2, 0.25) is 0 Å². The summed E-state index contributed by atoms with van der Waals surface area (Å²) in [5.41, 5.74) is 1.28. The molecule has 19 heavy (non-hydrogen) atoms. The van der Waals surface area contributed by atoms with Crippen LogP contribution in [0.25, 0.3) is 0 Å². The van der Waals surface area contributed by atoms with E-state index in [1.54, 1.807) is 33.0 Å². The van der Waals surface area contributed by atoms with Crippen molar-refractivity contribution in [3.63, 3.8) is 0 Å². The second-order valence-corrected chi connectivity index (χ2v) is 4.58. The molecule has 1 N–H and O–H groups in total. The van der Waals surface area contributed by atoms with Gasteiger partial charge in [-0.25, -0.2) is 4.39 Å². The van der Waals surface area contributed by atoms with Crippen LogP contribution in [-0.2, 0) is 16.1 Å². The van der Waals surface area contributed by atoms with Gasteiger partial charge in [0, 0.05) is 13.6 Å². The van der Waals surface area contributed by atoms with Crippen LogP contribution in [0.5, 0.6) is 0 Å². The molecule has 1 rings (SSSR count). The number of rotatable bonds is 5. The van der Waals surface area contributed by atoms with Crippen molar-refractivity contribution in [2.75, 3.05) is 7.05 Å². The molecule has 104 valence electrons. The molecule has 0 spiro atoms. The van der Waals surface area contributed by atoms with Crippen LogP contribution in [0.4, 0.5) is 4.39 Å². The van der Waals surface area contributed by atoms with Gasteiger partial charge in [0.05, 0.1) is 0 Å². The van der Waals surface area contributed by atoms with Gasteiger partial charge < -0.3 is 10.0 Å². The number of amides is 1. The largest absolute Gasteiger partial charge is 0.481 e. The Hall–Kier alpha value is -1.91. The Morgan fingerprint density at radius 2 is 2.05 bits per heavy atom. The summed E-state index contributed by atoms with van der Waals surface area (Å²) in [5.74, 6) is -2.87. The van der Waals surface area contributed by atoms with Crippen LogP contribution in [-0.4, -0.2) is 28.9 Å². The zero-order valence-electron chi connectivity index (χ0n) is 11.3. The van der Waals surface area contributed by atoms with E-state index in [4.69, 9.17) is 5.11 Å². The predicted molar refractivity (Wildman–Crippen MR) is 69.0 cm³/mol. The number of hydrogen-bond donors (Lipinski definition) is 1. The molecule has 1 amide bonds. The van der Waals surface area contributed by atoms with Gasteiger partial charge in [0.2, 0.25) is 5.91 Å². The average molecular weight is 267 g/mol. The van der Waals surface area contributed by atoms with Crippen LogP contribution in [0.15, 0.2) is 18.2 Å². The molecule has 4 nitrogen and oxygen atoms in total. The molecule has 1 atom stereocenters. The van der Waals surface area contributed by atoms with E-state index in [2.05, 4.69) is 0 Å². The van der Waals surface area contributed by atoms with Gasteiger partial charge in [0.25, 0.3) is 0 Å². The fourth-order valence-electron chi connectivity index (χ4n) is 1.88. The molecule has 0 radical (unpaired) electrons. The molecule has 0 heterocycles. The Kier molecular flexibility index (Phi) is 5.03. The lowest BCUT2D eigenvalue weighted by Crippen LogP contribution is -2.36. The van der Waals surface area contributed by atoms with Crippen molar-refractivity contribution in [3.8, 4) is 0 Å². The maximum atomic E-state index is 13.1. The third-order valence-corrected chi connectivity index (χ3v) is 3.02. The van der Waals surface area contributed by atoms with Crippen molar-refractivity contribution in [2.45, 2.75) is 26.8 Å². The lowest BCUT2D eigenvalue weighted by molar-refractivity contribution is -0.150. The van der Waals surface area contributed by atoms with Gasteiger partial charge in [-0.2, -0.15) is 0 Å². The van der Waals surface area contributed by atoms with E-state index in [-0.39, 0.29) is 18.8 Å². The second-order valence-electron chi connectivity index (χ2n) is 4.58. The van der Waals surface area contributed by atoms with Gasteiger partial charge >= 0.3 is 5.97 Å². The number of aliphatic carboxylic acids is 1. The monoisotopic (exact) mass is 267 g/mol. The Morgan fingerprint density at radius 3 is 2.53 bits per heavy atom. The van der Waals surface area contributed by atoms with Crippen molar-refractivity contribution in [3.05, 3.63) is 35.1 Å². The molecule has 0 saturated carbocycles. The number of benzene rings is 1. The molecule has 5 heteroatoms. The Balaban J connectivity index is 2.78. The van der Waals surface area contributed by atoms with E-state index in [9.17, 15) is 14.0 Å². The minimum absolute atomic E-state index is 0.251. The summed E-state index contributed by atoms with van der Waals surface area (Å²) in [6.45, 7) is 3.57. The van der Waals surface area contributed by atoms with Gasteiger partial charge in [-0.3, -0.25) is 9.59 Å². The standard InChI is InChI=1S/C14H18FNO3/c1-4-11(14(18)19)13(17)16(3)8-10-5-6-12(15)9(2)7-10/h5-7,11H,4,8H2,1-3H3,(H,18,19). The maximum absolute atomic E-state index is 13.1. The minimum atomic E-state index is -1.12. The van der Waals surface area contributed by atoms with E-state index in [0.29, 0.717) is 5.56 Å². The number of carbonyl (C=O) groups excluding carboxylic acids is 1. The molecule has 1 aromatic rings. The van der Waals surface area contributed by atoms with E-state index < -0.39 is 17.8 Å². The van der Waals surface area contributed by atoms with Gasteiger partial charge in [-0.15, -0.1) is 0 Å². The van der Waals surface area contributed by atoms with Crippen molar-refractivity contribution in [1.29, 1.82) is 0 Å². The van der Waals surface area contributed by atoms with Gasteiger partial charge in [-0.1, -0.05) is 19.1 Å². The Bertz CT molecular complexity index is 488. The number of aryl methyl sites for hydroxylation is 1. The average Bonchev–Trinajstić information content (AvgIpc) is 2.34. The first-order valence-corrected chi connectivity index (χ1v) is 6.09. The number of carboxylic acid groups (broad SMARTS) is 1. The molecule has 0 aromatic heterocycles. The zero-order valence-corrected chi connectivity index (χ0v) is 11.3. The summed E-state index contributed by atoms with van der Waals surface area (Å²) in [6, 6.07) is 4.59. The normalized spacial score (nSPS) is 12.0. The molecule has 1 unspecified atom stereocenters. The quantitative estimate of drug-likeness (QED) is 0.832. The summed E-state index contributed by atoms with van der Waals surface area (Å²) in [6.07, 6.45) is 0.251. The van der Waals surface area contributed by atoms with Crippen molar-refractivity contribution >= 4 is 11.9 Å². The van der Waals surface area contributed by atoms with Crippen LogP contribution in [0, 0.1) is 18.7 Å². The highest BCUT2D eigenvalue weighted by molar-refractivity contribution is 5.96. The summed E-state index contributed by atoms with van der Waals surface area (Å²) >= 11 is 0. The van der Waals surface area contributed by atoms with Gasteiger partial charge in [0.15, 0.2) is 0 Å². The number of hydrogen-bond acceptors (Lipinski definition) is 2. The highest BCUT2D eigenvalue weighted by atomic mass is 19.1. The van der Waals surface area contributed by atoms with Crippen LogP contribution < -0.4 is 0 Å². The van der Waals surface area contributed by atoms with Crippen LogP contribution >= 0.6 is 0 Å². The molecule has 0 aliphatic carbocycles. The SMILES string of the molecule is CCC(C(=O)O)C(=O)N(C)Cc1ccc(F)c(C)c1. The highest BCUT2D eigenvalue weighted by Gasteiger charge is 2.27. The number of halogens is 1. The molecule has 0 saturated heterocycles. The van der Waals surface area contributed by atoms with Crippen molar-refractivity contribution < 1.29 is 19.1 Å². The first-order valence-electron chi connectivity index (χ1n) is 6.09. The lowest BCUT2D eigenvalue weighted by Gasteiger charge is -2.21. The van der Waals surface area contributed by atoms with Crippen molar-refractivity contribution in [2.24, 2.45) is 5.92 Å². The summed E-state index contributed by atoms with van der Waals surface area (Å²) in [7, 11) is 1.55. The van der Waals surface area contributed by atoms with E-state index in [1.165, 1.54) is 11.0 Å². The van der Waals surface area contributed by atoms with Crippen molar-refractivity contribution in [1.82, 2.24) is 4.90 Å². The smallest absolute Gasteiger partial charge is 0.316 e. The maximum Gasteiger partial charge on any atom is 0.316 e. The zero-order chi connectivity index (χ0) is 14.6. The molecule has 0 bridgehead atoms. The molecule has 0 aliphatic heterocycles. The first kappa shape index (κ1) is 15.1. The Labute approximate surface area is 111 Å². The Morgan fingerprint density at radius 1 is 1.42 bits per heavy atom. The number of nitrogens with zero attached hydrogens (tertiary/aromatic N) is 1. The third kappa shape index (κ3) is 3.77. The van der Waals surface area contributed by atoms with Gasteiger partial charge in [0.1, 0.15) is 11.7 Å². The fourth-order valence-corrected chi connectivity index (χ4v) is 1.88. The van der Waals surface area contributed by atoms with Gasteiger partial charge in [-0.05, 0) is 30.5 Å². The molecular formula is C14H18FNO3. The molecule has 0 aliphatic rings. The summed E-state index contributed by atoms with van der Waals surface area (Å²) < 4.78 is 13.1. The summed E-state index contributed by atoms with van der Waals surface area (Å²) in [4.78, 5) is 24.2. The molecule has 0 fully saturated rings. The summed E-state index contributed by atoms with van der Waals surface area (Å²) in [5, 5.41) is 8.94. The first-order chi connectivity index (χ1) is 8.86. The molecule has 1 aromatic carbocycles. The number of carbonyl (C=O) groups is 2. The van der Waals surface area contributed by atoms with E-state index in [0.717, 1.165) is 5.56 Å². The van der Waals surface area contributed by atoms with E-state index in [1.807, 2.05) is 0 Å². The third-order valence-electron chi connectivity index (χ3n) is 3.02. The fraction of sp³-hybridized carbons (Fsp3) is 0.429. The lowest BCUT2D eigenvalue weighted by atomic mass is 10.0.